The topological polar surface area (TPSA) is 123 Å². The number of amides is 1. The summed E-state index contributed by atoms with van der Waals surface area (Å²) in [6, 6.07) is 11.4. The van der Waals surface area contributed by atoms with Gasteiger partial charge in [-0.2, -0.15) is 9.40 Å². The molecule has 3 aromatic rings. The van der Waals surface area contributed by atoms with E-state index in [4.69, 9.17) is 4.74 Å². The zero-order valence-electron chi connectivity index (χ0n) is 23.6. The van der Waals surface area contributed by atoms with E-state index in [9.17, 15) is 17.6 Å². The van der Waals surface area contributed by atoms with Crippen molar-refractivity contribution in [2.24, 2.45) is 0 Å². The first kappa shape index (κ1) is 28.6. The average molecular weight is 598 g/mol. The zero-order valence-corrected chi connectivity index (χ0v) is 24.4. The van der Waals surface area contributed by atoms with Crippen molar-refractivity contribution in [3.8, 4) is 0 Å². The number of nitrogens with one attached hydrogen (secondary N) is 3. The second kappa shape index (κ2) is 12.0. The molecule has 11 nitrogen and oxygen atoms in total. The number of rotatable bonds is 7. The molecule has 0 saturated carbocycles. The molecule has 0 bridgehead atoms. The quantitative estimate of drug-likeness (QED) is 0.380. The zero-order chi connectivity index (χ0) is 29.3. The molecule has 3 N–H and O–H groups in total. The van der Waals surface area contributed by atoms with Gasteiger partial charge in [-0.3, -0.25) is 9.89 Å². The molecule has 2 saturated heterocycles. The summed E-state index contributed by atoms with van der Waals surface area (Å²) in [4.78, 5) is 18.0. The fourth-order valence-electron chi connectivity index (χ4n) is 5.72. The number of fused-ring (bicyclic) bond motifs is 1. The molecular formula is C29H36FN7O4S. The van der Waals surface area contributed by atoms with Crippen LogP contribution in [0, 0.1) is 5.82 Å². The largest absolute Gasteiger partial charge is 0.381 e. The Morgan fingerprint density at radius 2 is 1.83 bits per heavy atom. The number of hydrogen-bond acceptors (Lipinski definition) is 8. The van der Waals surface area contributed by atoms with Crippen molar-refractivity contribution in [3.05, 3.63) is 65.1 Å². The Bertz CT molecular complexity index is 1550. The summed E-state index contributed by atoms with van der Waals surface area (Å²) in [5, 5.41) is 13.7. The third-order valence-electron chi connectivity index (χ3n) is 8.28. The number of ether oxygens (including phenoxy) is 1. The van der Waals surface area contributed by atoms with Gasteiger partial charge in [-0.25, -0.2) is 12.8 Å². The van der Waals surface area contributed by atoms with E-state index in [0.717, 1.165) is 62.2 Å². The molecule has 0 atom stereocenters. The Morgan fingerprint density at radius 1 is 1.07 bits per heavy atom. The molecule has 6 rings (SSSR count). The number of likely N-dealkylation sites (N-methyl/N-ethyl adjacent to an activating group) is 1. The van der Waals surface area contributed by atoms with Gasteiger partial charge in [-0.15, -0.1) is 0 Å². The third-order valence-corrected chi connectivity index (χ3v) is 10.2. The van der Waals surface area contributed by atoms with Gasteiger partial charge in [0.05, 0.1) is 5.56 Å². The third kappa shape index (κ3) is 5.87. The molecular weight excluding hydrogens is 561 g/mol. The molecule has 3 aliphatic heterocycles. The van der Waals surface area contributed by atoms with Gasteiger partial charge in [-0.05, 0) is 50.2 Å². The first-order valence-corrected chi connectivity index (χ1v) is 15.8. The van der Waals surface area contributed by atoms with Crippen LogP contribution in [0.2, 0.25) is 0 Å². The number of aromatic amines is 1. The molecule has 0 aliphatic carbocycles. The van der Waals surface area contributed by atoms with E-state index in [-0.39, 0.29) is 35.8 Å². The van der Waals surface area contributed by atoms with Gasteiger partial charge in [0.25, 0.3) is 5.91 Å². The minimum Gasteiger partial charge on any atom is -0.381 e. The number of carbonyl (C=O) groups excluding carboxylic acids is 1. The number of nitrogens with zero attached hydrogens (tertiary/aromatic N) is 4. The van der Waals surface area contributed by atoms with E-state index in [0.29, 0.717) is 30.8 Å². The van der Waals surface area contributed by atoms with Crippen LogP contribution in [-0.4, -0.2) is 92.8 Å². The standard InChI is InChI=1S/C29H36FN7O4S/c1-35-12-14-36(15-13-35)21-6-7-22(26(18-21)31-20-9-16-41-17-10-20)29(38)32-28-23-19-37(11-8-25(23)33-34-28)42(39,40)27-5-3-2-4-24(27)30/h2-7,18,20,31H,8-17,19H2,1H3,(H2,32,33,34,38). The van der Waals surface area contributed by atoms with Crippen LogP contribution >= 0.6 is 0 Å². The van der Waals surface area contributed by atoms with Gasteiger partial charge in [0.2, 0.25) is 10.0 Å². The Kier molecular flexibility index (Phi) is 8.17. The van der Waals surface area contributed by atoms with Crippen LogP contribution in [0.15, 0.2) is 47.4 Å². The summed E-state index contributed by atoms with van der Waals surface area (Å²) in [6.45, 7) is 5.23. The number of anilines is 3. The number of aromatic nitrogens is 2. The molecule has 1 aromatic heterocycles. The van der Waals surface area contributed by atoms with Crippen LogP contribution in [0.4, 0.5) is 21.6 Å². The molecule has 0 spiro atoms. The Hall–Kier alpha value is -3.52. The van der Waals surface area contributed by atoms with Crippen LogP contribution in [0.3, 0.4) is 0 Å². The van der Waals surface area contributed by atoms with E-state index in [1.165, 1.54) is 22.5 Å². The number of piperazine rings is 1. The van der Waals surface area contributed by atoms with Crippen molar-refractivity contribution >= 4 is 33.1 Å². The molecule has 2 aromatic carbocycles. The maximum Gasteiger partial charge on any atom is 0.258 e. The smallest absolute Gasteiger partial charge is 0.258 e. The Balaban J connectivity index is 1.24. The molecule has 2 fully saturated rings. The summed E-state index contributed by atoms with van der Waals surface area (Å²) in [7, 11) is -1.96. The van der Waals surface area contributed by atoms with Crippen LogP contribution in [-0.2, 0) is 27.7 Å². The first-order valence-electron chi connectivity index (χ1n) is 14.3. The minimum atomic E-state index is -4.08. The molecule has 0 unspecified atom stereocenters. The van der Waals surface area contributed by atoms with Crippen molar-refractivity contribution in [3.63, 3.8) is 0 Å². The number of benzene rings is 2. The highest BCUT2D eigenvalue weighted by Gasteiger charge is 2.33. The monoisotopic (exact) mass is 597 g/mol. The lowest BCUT2D eigenvalue weighted by Crippen LogP contribution is -2.44. The molecule has 42 heavy (non-hydrogen) atoms. The maximum atomic E-state index is 14.4. The number of halogens is 1. The summed E-state index contributed by atoms with van der Waals surface area (Å²) in [5.41, 5.74) is 3.59. The van der Waals surface area contributed by atoms with Gasteiger partial charge in [0.15, 0.2) is 5.82 Å². The second-order valence-corrected chi connectivity index (χ2v) is 13.0. The Morgan fingerprint density at radius 3 is 2.60 bits per heavy atom. The van der Waals surface area contributed by atoms with Gasteiger partial charge in [0, 0.05) is 87.6 Å². The van der Waals surface area contributed by atoms with Crippen molar-refractivity contribution in [2.45, 2.75) is 36.7 Å². The number of carbonyl (C=O) groups is 1. The fourth-order valence-corrected chi connectivity index (χ4v) is 7.19. The van der Waals surface area contributed by atoms with E-state index >= 15 is 0 Å². The minimum absolute atomic E-state index is 0.0341. The van der Waals surface area contributed by atoms with Gasteiger partial charge >= 0.3 is 0 Å². The highest BCUT2D eigenvalue weighted by Crippen LogP contribution is 2.31. The van der Waals surface area contributed by atoms with Crippen LogP contribution in [0.25, 0.3) is 0 Å². The molecule has 224 valence electrons. The molecule has 4 heterocycles. The summed E-state index contributed by atoms with van der Waals surface area (Å²) in [6.07, 6.45) is 2.06. The summed E-state index contributed by atoms with van der Waals surface area (Å²) < 4.78 is 47.6. The van der Waals surface area contributed by atoms with Crippen LogP contribution in [0.1, 0.15) is 34.5 Å². The van der Waals surface area contributed by atoms with Gasteiger partial charge in [0.1, 0.15) is 10.7 Å². The number of H-pyrrole nitrogens is 1. The lowest BCUT2D eigenvalue weighted by Gasteiger charge is -2.34. The van der Waals surface area contributed by atoms with Gasteiger partial charge in [-0.1, -0.05) is 12.1 Å². The van der Waals surface area contributed by atoms with Crippen molar-refractivity contribution < 1.29 is 22.3 Å². The van der Waals surface area contributed by atoms with Crippen LogP contribution < -0.4 is 15.5 Å². The fraction of sp³-hybridized carbons (Fsp3) is 0.448. The Labute approximate surface area is 245 Å². The number of hydrogen-bond donors (Lipinski definition) is 3. The first-order chi connectivity index (χ1) is 20.3. The van der Waals surface area contributed by atoms with Crippen molar-refractivity contribution in [1.29, 1.82) is 0 Å². The van der Waals surface area contributed by atoms with E-state index in [1.54, 1.807) is 0 Å². The SMILES string of the molecule is CN1CCN(c2ccc(C(=O)Nc3n[nH]c4c3CN(S(=O)(=O)c3ccccc3F)CC4)c(NC3CCOCC3)c2)CC1. The molecule has 0 radical (unpaired) electrons. The highest BCUT2D eigenvalue weighted by molar-refractivity contribution is 7.89. The lowest BCUT2D eigenvalue weighted by molar-refractivity contribution is 0.0904. The normalized spacial score (nSPS) is 19.0. The summed E-state index contributed by atoms with van der Waals surface area (Å²) in [5.74, 6) is -0.880. The average Bonchev–Trinajstić information content (AvgIpc) is 3.40. The number of sulfonamides is 1. The van der Waals surface area contributed by atoms with Gasteiger partial charge < -0.3 is 25.2 Å². The summed E-state index contributed by atoms with van der Waals surface area (Å²) >= 11 is 0. The van der Waals surface area contributed by atoms with Crippen LogP contribution in [0.5, 0.6) is 0 Å². The van der Waals surface area contributed by atoms with Crippen molar-refractivity contribution in [1.82, 2.24) is 19.4 Å². The highest BCUT2D eigenvalue weighted by atomic mass is 32.2. The second-order valence-electron chi connectivity index (χ2n) is 11.1. The predicted octanol–water partition coefficient (Wildman–Crippen LogP) is 2.89. The van der Waals surface area contributed by atoms with Crippen molar-refractivity contribution in [2.75, 3.05) is 68.5 Å². The van der Waals surface area contributed by atoms with E-state index < -0.39 is 15.8 Å². The molecule has 1 amide bonds. The van der Waals surface area contributed by atoms with E-state index in [2.05, 4.69) is 37.7 Å². The lowest BCUT2D eigenvalue weighted by atomic mass is 10.1. The van der Waals surface area contributed by atoms with E-state index in [1.807, 2.05) is 18.2 Å². The molecule has 13 heteroatoms. The maximum absolute atomic E-state index is 14.4. The predicted molar refractivity (Wildman–Crippen MR) is 158 cm³/mol. The molecule has 3 aliphatic rings.